The van der Waals surface area contributed by atoms with E-state index in [0.29, 0.717) is 23.4 Å². The Balaban J connectivity index is 1.66. The number of halogens is 3. The highest BCUT2D eigenvalue weighted by molar-refractivity contribution is 5.79. The molecule has 0 spiro atoms. The Morgan fingerprint density at radius 3 is 2.55 bits per heavy atom. The van der Waals surface area contributed by atoms with Crippen molar-refractivity contribution in [2.45, 2.75) is 38.8 Å². The van der Waals surface area contributed by atoms with Gasteiger partial charge in [-0.1, -0.05) is 0 Å². The van der Waals surface area contributed by atoms with Gasteiger partial charge in [0.05, 0.1) is 41.7 Å². The molecule has 29 heavy (non-hydrogen) atoms. The van der Waals surface area contributed by atoms with Crippen LogP contribution in [0.3, 0.4) is 0 Å². The summed E-state index contributed by atoms with van der Waals surface area (Å²) in [6.07, 6.45) is 0.0430. The smallest absolute Gasteiger partial charge is 0.373 e. The summed E-state index contributed by atoms with van der Waals surface area (Å²) in [7, 11) is 0. The molecule has 0 bridgehead atoms. The number of ether oxygens (including phenoxy) is 1. The fourth-order valence-electron chi connectivity index (χ4n) is 3.64. The normalized spacial score (nSPS) is 20.9. The van der Waals surface area contributed by atoms with Crippen LogP contribution >= 0.6 is 0 Å². The molecule has 4 rings (SSSR count). The molecule has 2 unspecified atom stereocenters. The van der Waals surface area contributed by atoms with Gasteiger partial charge in [-0.25, -0.2) is 9.97 Å². The van der Waals surface area contributed by atoms with Crippen molar-refractivity contribution in [2.24, 2.45) is 0 Å². The van der Waals surface area contributed by atoms with Gasteiger partial charge in [0.15, 0.2) is 0 Å². The molecule has 1 saturated heterocycles. The highest BCUT2D eigenvalue weighted by Crippen LogP contribution is 2.35. The van der Waals surface area contributed by atoms with Crippen LogP contribution in [0.5, 0.6) is 0 Å². The van der Waals surface area contributed by atoms with E-state index in [0.717, 1.165) is 19.2 Å². The van der Waals surface area contributed by atoms with Gasteiger partial charge >= 0.3 is 6.18 Å². The maximum atomic E-state index is 13.3. The van der Waals surface area contributed by atoms with Gasteiger partial charge in [-0.05, 0) is 32.0 Å². The number of alkyl halides is 3. The van der Waals surface area contributed by atoms with Crippen LogP contribution in [-0.4, -0.2) is 50.1 Å². The monoisotopic (exact) mass is 403 g/mol. The first-order valence-electron chi connectivity index (χ1n) is 9.31. The zero-order valence-electron chi connectivity index (χ0n) is 16.0. The fraction of sp³-hybridized carbons (Fsp3) is 0.400. The molecule has 6 nitrogen and oxygen atoms in total. The van der Waals surface area contributed by atoms with Crippen molar-refractivity contribution in [1.82, 2.24) is 24.8 Å². The van der Waals surface area contributed by atoms with E-state index >= 15 is 0 Å². The van der Waals surface area contributed by atoms with Crippen LogP contribution in [0.15, 0.2) is 36.8 Å². The lowest BCUT2D eigenvalue weighted by Gasteiger charge is -2.34. The van der Waals surface area contributed by atoms with Gasteiger partial charge < -0.3 is 4.74 Å². The summed E-state index contributed by atoms with van der Waals surface area (Å²) in [4.78, 5) is 19.3. The van der Waals surface area contributed by atoms with Crippen molar-refractivity contribution in [3.8, 4) is 11.3 Å². The summed E-state index contributed by atoms with van der Waals surface area (Å²) in [5.74, 6) is 0.592. The van der Waals surface area contributed by atoms with Gasteiger partial charge in [0.25, 0.3) is 0 Å². The van der Waals surface area contributed by atoms with E-state index in [-0.39, 0.29) is 23.5 Å². The average molecular weight is 403 g/mol. The number of pyridine rings is 2. The Labute approximate surface area is 165 Å². The third-order valence-corrected chi connectivity index (χ3v) is 4.73. The van der Waals surface area contributed by atoms with Crippen molar-refractivity contribution in [3.63, 3.8) is 0 Å². The SMILES string of the molecule is CC1CN(Cc2ncc3ncc(-c4ncccc4C(F)(F)F)cc3n2)CC(C)O1. The highest BCUT2D eigenvalue weighted by Gasteiger charge is 2.34. The van der Waals surface area contributed by atoms with Crippen molar-refractivity contribution >= 4 is 11.0 Å². The van der Waals surface area contributed by atoms with E-state index in [1.807, 2.05) is 13.8 Å². The fourth-order valence-corrected chi connectivity index (χ4v) is 3.64. The molecule has 152 valence electrons. The molecule has 0 aromatic carbocycles. The molecule has 9 heteroatoms. The molecule has 0 radical (unpaired) electrons. The van der Waals surface area contributed by atoms with Gasteiger partial charge in [-0.3, -0.25) is 14.9 Å². The molecule has 0 amide bonds. The van der Waals surface area contributed by atoms with E-state index in [9.17, 15) is 13.2 Å². The van der Waals surface area contributed by atoms with Gasteiger partial charge in [0.2, 0.25) is 0 Å². The lowest BCUT2D eigenvalue weighted by Crippen LogP contribution is -2.45. The number of nitrogens with zero attached hydrogens (tertiary/aromatic N) is 5. The van der Waals surface area contributed by atoms with Crippen LogP contribution in [0, 0.1) is 0 Å². The quantitative estimate of drug-likeness (QED) is 0.664. The minimum atomic E-state index is -4.50. The van der Waals surface area contributed by atoms with Crippen molar-refractivity contribution in [3.05, 3.63) is 48.2 Å². The molecule has 1 aliphatic heterocycles. The molecule has 3 aromatic heterocycles. The minimum absolute atomic E-state index is 0.123. The van der Waals surface area contributed by atoms with E-state index < -0.39 is 11.7 Å². The van der Waals surface area contributed by atoms with Crippen LogP contribution in [0.2, 0.25) is 0 Å². The number of fused-ring (bicyclic) bond motifs is 1. The molecular formula is C20H20F3N5O. The number of hydrogen-bond donors (Lipinski definition) is 0. The van der Waals surface area contributed by atoms with Gasteiger partial charge in [-0.15, -0.1) is 0 Å². The summed E-state index contributed by atoms with van der Waals surface area (Å²) < 4.78 is 45.7. The second kappa shape index (κ2) is 7.64. The Kier molecular flexibility index (Phi) is 5.18. The molecule has 0 saturated carbocycles. The standard InChI is InChI=1S/C20H20F3N5O/c1-12-9-28(10-13(2)29-12)11-18-26-8-17-16(27-18)6-14(7-25-17)19-15(20(21,22)23)4-3-5-24-19/h3-8,12-13H,9-11H2,1-2H3. The van der Waals surface area contributed by atoms with Crippen LogP contribution in [0.4, 0.5) is 13.2 Å². The van der Waals surface area contributed by atoms with Crippen LogP contribution in [0.25, 0.3) is 22.3 Å². The van der Waals surface area contributed by atoms with E-state index in [4.69, 9.17) is 4.74 Å². The summed E-state index contributed by atoms with van der Waals surface area (Å²) >= 11 is 0. The maximum Gasteiger partial charge on any atom is 0.418 e. The molecule has 1 aliphatic rings. The Bertz CT molecular complexity index is 1020. The third-order valence-electron chi connectivity index (χ3n) is 4.73. The number of morpholine rings is 1. The second-order valence-corrected chi connectivity index (χ2v) is 7.26. The Morgan fingerprint density at radius 2 is 1.83 bits per heavy atom. The topological polar surface area (TPSA) is 64.0 Å². The Hall–Kier alpha value is -2.65. The molecule has 0 N–H and O–H groups in total. The van der Waals surface area contributed by atoms with Gasteiger partial charge in [-0.2, -0.15) is 13.2 Å². The third kappa shape index (κ3) is 4.35. The lowest BCUT2D eigenvalue weighted by atomic mass is 10.1. The van der Waals surface area contributed by atoms with Crippen LogP contribution in [-0.2, 0) is 17.5 Å². The Morgan fingerprint density at radius 1 is 1.07 bits per heavy atom. The molecule has 1 fully saturated rings. The van der Waals surface area contributed by atoms with Crippen LogP contribution < -0.4 is 0 Å². The first-order valence-corrected chi connectivity index (χ1v) is 9.31. The van der Waals surface area contributed by atoms with Crippen LogP contribution in [0.1, 0.15) is 25.2 Å². The largest absolute Gasteiger partial charge is 0.418 e. The number of hydrogen-bond acceptors (Lipinski definition) is 6. The summed E-state index contributed by atoms with van der Waals surface area (Å²) in [5.41, 5.74) is 0.312. The van der Waals surface area contributed by atoms with E-state index in [1.165, 1.54) is 18.5 Å². The predicted octanol–water partition coefficient (Wildman–Crippen LogP) is 3.71. The first kappa shape index (κ1) is 19.7. The van der Waals surface area contributed by atoms with Gasteiger partial charge in [0.1, 0.15) is 11.3 Å². The average Bonchev–Trinajstić information content (AvgIpc) is 2.66. The number of rotatable bonds is 3. The first-order chi connectivity index (χ1) is 13.8. The zero-order valence-corrected chi connectivity index (χ0v) is 16.0. The maximum absolute atomic E-state index is 13.3. The molecular weight excluding hydrogens is 383 g/mol. The zero-order chi connectivity index (χ0) is 20.6. The summed E-state index contributed by atoms with van der Waals surface area (Å²) in [5, 5.41) is 0. The summed E-state index contributed by atoms with van der Waals surface area (Å²) in [6.45, 7) is 6.12. The molecule has 0 aliphatic carbocycles. The van der Waals surface area contributed by atoms with Crippen molar-refractivity contribution in [2.75, 3.05) is 13.1 Å². The van der Waals surface area contributed by atoms with Crippen molar-refractivity contribution in [1.29, 1.82) is 0 Å². The van der Waals surface area contributed by atoms with E-state index in [1.54, 1.807) is 12.3 Å². The molecule has 4 heterocycles. The molecule has 3 aromatic rings. The molecule has 2 atom stereocenters. The summed E-state index contributed by atoms with van der Waals surface area (Å²) in [6, 6.07) is 3.86. The van der Waals surface area contributed by atoms with Crippen molar-refractivity contribution < 1.29 is 17.9 Å². The predicted molar refractivity (Wildman–Crippen MR) is 101 cm³/mol. The lowest BCUT2D eigenvalue weighted by molar-refractivity contribution is -0.137. The minimum Gasteiger partial charge on any atom is -0.373 e. The number of aromatic nitrogens is 4. The van der Waals surface area contributed by atoms with Gasteiger partial charge in [0, 0.05) is 31.0 Å². The highest BCUT2D eigenvalue weighted by atomic mass is 19.4. The second-order valence-electron chi connectivity index (χ2n) is 7.26. The van der Waals surface area contributed by atoms with E-state index in [2.05, 4.69) is 24.8 Å².